The van der Waals surface area contributed by atoms with Gasteiger partial charge < -0.3 is 5.73 Å². The predicted molar refractivity (Wildman–Crippen MR) is 80.7 cm³/mol. The fraction of sp³-hybridized carbons (Fsp3) is 0.533. The first-order valence-corrected chi connectivity index (χ1v) is 7.08. The molecule has 1 aliphatic carbocycles. The Morgan fingerprint density at radius 2 is 2.00 bits per heavy atom. The van der Waals surface area contributed by atoms with Gasteiger partial charge in [-0.15, -0.1) is 0 Å². The molecule has 1 aromatic rings. The van der Waals surface area contributed by atoms with Crippen LogP contribution in [0.2, 0.25) is 5.02 Å². The molecule has 0 heterocycles. The standard InChI is InChI=1S/C15H22ClN3/c1-11(12-3-5-13(16)6-4-12)19(2)10-15(7-8-15)9-14(17)18/h3-6,11H,7-10H2,1-2H3,(H3,17,18). The molecule has 1 fully saturated rings. The molecule has 3 N–H and O–H groups in total. The average molecular weight is 280 g/mol. The van der Waals surface area contributed by atoms with Gasteiger partial charge in [0.25, 0.3) is 0 Å². The van der Waals surface area contributed by atoms with Crippen molar-refractivity contribution < 1.29 is 0 Å². The Balaban J connectivity index is 1.98. The van der Waals surface area contributed by atoms with Crippen LogP contribution in [0.1, 0.15) is 37.8 Å². The van der Waals surface area contributed by atoms with Gasteiger partial charge in [-0.1, -0.05) is 23.7 Å². The Hall–Kier alpha value is -1.06. The molecule has 0 aliphatic heterocycles. The maximum atomic E-state index is 7.47. The van der Waals surface area contributed by atoms with Crippen LogP contribution in [0.5, 0.6) is 0 Å². The van der Waals surface area contributed by atoms with E-state index in [-0.39, 0.29) is 5.41 Å². The van der Waals surface area contributed by atoms with Crippen LogP contribution in [0.4, 0.5) is 0 Å². The summed E-state index contributed by atoms with van der Waals surface area (Å²) >= 11 is 5.92. The molecule has 19 heavy (non-hydrogen) atoms. The van der Waals surface area contributed by atoms with Crippen LogP contribution in [-0.2, 0) is 0 Å². The first kappa shape index (κ1) is 14.4. The summed E-state index contributed by atoms with van der Waals surface area (Å²) in [6, 6.07) is 8.37. The molecule has 0 amide bonds. The van der Waals surface area contributed by atoms with E-state index in [2.05, 4.69) is 31.0 Å². The minimum Gasteiger partial charge on any atom is -0.388 e. The number of halogens is 1. The molecule has 0 aromatic heterocycles. The van der Waals surface area contributed by atoms with Crippen LogP contribution < -0.4 is 5.73 Å². The number of nitrogens with zero attached hydrogens (tertiary/aromatic N) is 1. The lowest BCUT2D eigenvalue weighted by Gasteiger charge is -2.29. The molecule has 1 aliphatic rings. The number of nitrogens with two attached hydrogens (primary N) is 1. The topological polar surface area (TPSA) is 53.1 Å². The zero-order chi connectivity index (χ0) is 14.0. The van der Waals surface area contributed by atoms with Crippen LogP contribution >= 0.6 is 11.6 Å². The van der Waals surface area contributed by atoms with E-state index in [0.717, 1.165) is 18.0 Å². The summed E-state index contributed by atoms with van der Waals surface area (Å²) in [5, 5.41) is 8.25. The second-order valence-electron chi connectivity index (χ2n) is 5.84. The lowest BCUT2D eigenvalue weighted by molar-refractivity contribution is 0.211. The first-order valence-electron chi connectivity index (χ1n) is 6.70. The Kier molecular flexibility index (Phi) is 4.16. The van der Waals surface area contributed by atoms with Crippen molar-refractivity contribution in [2.75, 3.05) is 13.6 Å². The molecule has 1 aromatic carbocycles. The van der Waals surface area contributed by atoms with Crippen molar-refractivity contribution in [3.63, 3.8) is 0 Å². The fourth-order valence-electron chi connectivity index (χ4n) is 2.63. The summed E-state index contributed by atoms with van der Waals surface area (Å²) in [6.07, 6.45) is 3.10. The molecule has 0 radical (unpaired) electrons. The predicted octanol–water partition coefficient (Wildman–Crippen LogP) is 3.44. The summed E-state index contributed by atoms with van der Waals surface area (Å²) in [7, 11) is 2.14. The van der Waals surface area contributed by atoms with E-state index in [1.165, 1.54) is 18.4 Å². The van der Waals surface area contributed by atoms with Crippen LogP contribution in [0, 0.1) is 10.8 Å². The largest absolute Gasteiger partial charge is 0.388 e. The molecule has 1 unspecified atom stereocenters. The van der Waals surface area contributed by atoms with E-state index in [1.807, 2.05) is 12.1 Å². The maximum absolute atomic E-state index is 7.47. The van der Waals surface area contributed by atoms with Crippen LogP contribution in [0.25, 0.3) is 0 Å². The van der Waals surface area contributed by atoms with E-state index in [4.69, 9.17) is 22.7 Å². The SMILES string of the molecule is CC(c1ccc(Cl)cc1)N(C)CC1(CC(=N)N)CC1. The van der Waals surface area contributed by atoms with Gasteiger partial charge in [-0.25, -0.2) is 0 Å². The molecule has 4 heteroatoms. The van der Waals surface area contributed by atoms with Crippen molar-refractivity contribution in [1.29, 1.82) is 5.41 Å². The van der Waals surface area contributed by atoms with Gasteiger partial charge in [-0.05, 0) is 49.9 Å². The third-order valence-corrected chi connectivity index (χ3v) is 4.37. The Labute approximate surface area is 120 Å². The highest BCUT2D eigenvalue weighted by molar-refractivity contribution is 6.30. The summed E-state index contributed by atoms with van der Waals surface area (Å²) in [5.74, 6) is 0.310. The molecule has 3 nitrogen and oxygen atoms in total. The quantitative estimate of drug-likeness (QED) is 0.619. The zero-order valence-electron chi connectivity index (χ0n) is 11.6. The summed E-state index contributed by atoms with van der Waals surface area (Å²) in [6.45, 7) is 3.20. The molecule has 0 bridgehead atoms. The van der Waals surface area contributed by atoms with Gasteiger partial charge in [0.2, 0.25) is 0 Å². The highest BCUT2D eigenvalue weighted by Crippen LogP contribution is 2.49. The summed E-state index contributed by atoms with van der Waals surface area (Å²) in [4.78, 5) is 2.35. The third kappa shape index (κ3) is 3.71. The van der Waals surface area contributed by atoms with Gasteiger partial charge in [0, 0.05) is 24.0 Å². The third-order valence-electron chi connectivity index (χ3n) is 4.12. The Morgan fingerprint density at radius 3 is 2.47 bits per heavy atom. The van der Waals surface area contributed by atoms with Gasteiger partial charge in [-0.3, -0.25) is 10.3 Å². The lowest BCUT2D eigenvalue weighted by Crippen LogP contribution is -2.31. The fourth-order valence-corrected chi connectivity index (χ4v) is 2.76. The molecular formula is C15H22ClN3. The highest BCUT2D eigenvalue weighted by Gasteiger charge is 2.44. The molecule has 2 rings (SSSR count). The zero-order valence-corrected chi connectivity index (χ0v) is 12.4. The highest BCUT2D eigenvalue weighted by atomic mass is 35.5. The van der Waals surface area contributed by atoms with Crippen molar-refractivity contribution in [2.45, 2.75) is 32.2 Å². The number of rotatable bonds is 6. The van der Waals surface area contributed by atoms with E-state index in [1.54, 1.807) is 0 Å². The van der Waals surface area contributed by atoms with Crippen LogP contribution in [-0.4, -0.2) is 24.3 Å². The number of hydrogen-bond donors (Lipinski definition) is 2. The number of hydrogen-bond acceptors (Lipinski definition) is 2. The number of benzene rings is 1. The van der Waals surface area contributed by atoms with Gasteiger partial charge in [-0.2, -0.15) is 0 Å². The average Bonchev–Trinajstić information content (AvgIpc) is 3.07. The van der Waals surface area contributed by atoms with Gasteiger partial charge >= 0.3 is 0 Å². The van der Waals surface area contributed by atoms with E-state index in [0.29, 0.717) is 11.9 Å². The number of nitrogens with one attached hydrogen (secondary N) is 1. The van der Waals surface area contributed by atoms with Crippen molar-refractivity contribution in [3.05, 3.63) is 34.9 Å². The second kappa shape index (κ2) is 5.51. The monoisotopic (exact) mass is 279 g/mol. The molecule has 1 saturated carbocycles. The van der Waals surface area contributed by atoms with Gasteiger partial charge in [0.05, 0.1) is 5.84 Å². The first-order chi connectivity index (χ1) is 8.92. The van der Waals surface area contributed by atoms with Crippen LogP contribution in [0.15, 0.2) is 24.3 Å². The van der Waals surface area contributed by atoms with Gasteiger partial charge in [0.1, 0.15) is 0 Å². The smallest absolute Gasteiger partial charge is 0.0911 e. The normalized spacial score (nSPS) is 18.3. The minimum absolute atomic E-state index is 0.251. The van der Waals surface area contributed by atoms with E-state index < -0.39 is 0 Å². The molecular weight excluding hydrogens is 258 g/mol. The van der Waals surface area contributed by atoms with Crippen molar-refractivity contribution in [2.24, 2.45) is 11.1 Å². The molecule has 0 saturated heterocycles. The lowest BCUT2D eigenvalue weighted by atomic mass is 9.99. The second-order valence-corrected chi connectivity index (χ2v) is 6.28. The van der Waals surface area contributed by atoms with Crippen molar-refractivity contribution >= 4 is 17.4 Å². The summed E-state index contributed by atoms with van der Waals surface area (Å²) < 4.78 is 0. The Morgan fingerprint density at radius 1 is 1.42 bits per heavy atom. The van der Waals surface area contributed by atoms with Crippen LogP contribution in [0.3, 0.4) is 0 Å². The summed E-state index contributed by atoms with van der Waals surface area (Å²) in [5.41, 5.74) is 7.07. The molecule has 1 atom stereocenters. The minimum atomic E-state index is 0.251. The Bertz CT molecular complexity index is 451. The van der Waals surface area contributed by atoms with Crippen molar-refractivity contribution in [1.82, 2.24) is 4.90 Å². The molecule has 104 valence electrons. The molecule has 0 spiro atoms. The maximum Gasteiger partial charge on any atom is 0.0911 e. The number of amidine groups is 1. The van der Waals surface area contributed by atoms with E-state index in [9.17, 15) is 0 Å². The van der Waals surface area contributed by atoms with Crippen molar-refractivity contribution in [3.8, 4) is 0 Å². The van der Waals surface area contributed by atoms with E-state index >= 15 is 0 Å². The van der Waals surface area contributed by atoms with Gasteiger partial charge in [0.15, 0.2) is 0 Å².